The van der Waals surface area contributed by atoms with Gasteiger partial charge in [-0.3, -0.25) is 14.4 Å². The van der Waals surface area contributed by atoms with Crippen LogP contribution in [0, 0.1) is 11.8 Å². The van der Waals surface area contributed by atoms with Gasteiger partial charge in [-0.2, -0.15) is 0 Å². The van der Waals surface area contributed by atoms with Crippen LogP contribution in [-0.4, -0.2) is 37.2 Å². The first kappa shape index (κ1) is 56.4. The quantitative estimate of drug-likeness (QED) is 0.0346. The number of esters is 3. The molecule has 0 aromatic carbocycles. The van der Waals surface area contributed by atoms with Gasteiger partial charge in [0.25, 0.3) is 0 Å². The molecule has 0 N–H and O–H groups in total. The highest BCUT2D eigenvalue weighted by Gasteiger charge is 2.19. The van der Waals surface area contributed by atoms with E-state index in [-0.39, 0.29) is 31.1 Å². The first-order chi connectivity index (χ1) is 28.3. The smallest absolute Gasteiger partial charge is 0.306 e. The van der Waals surface area contributed by atoms with Crippen molar-refractivity contribution < 1.29 is 28.6 Å². The first-order valence-corrected chi connectivity index (χ1v) is 25.8. The van der Waals surface area contributed by atoms with E-state index in [0.29, 0.717) is 19.3 Å². The van der Waals surface area contributed by atoms with E-state index in [2.05, 4.69) is 34.6 Å². The van der Waals surface area contributed by atoms with Crippen LogP contribution in [0.4, 0.5) is 0 Å². The number of unbranched alkanes of at least 4 members (excludes halogenated alkanes) is 30. The summed E-state index contributed by atoms with van der Waals surface area (Å²) in [6.07, 6.45) is 45.5. The molecule has 0 fully saturated rings. The molecule has 344 valence electrons. The van der Waals surface area contributed by atoms with E-state index in [9.17, 15) is 14.4 Å². The molecule has 0 rings (SSSR count). The standard InChI is InChI=1S/C52H100O6/c1-6-8-9-30-37-42-50(53)56-45-49(46-57-51(54)43-38-33-28-24-21-20-23-27-32-36-41-48(5)7-2)58-52(55)44-39-34-29-25-19-17-15-13-11-10-12-14-16-18-22-26-31-35-40-47(3)4/h47-49H,6-46H2,1-5H3/t48?,49-/m1/s1. The van der Waals surface area contributed by atoms with Crippen molar-refractivity contribution in [3.63, 3.8) is 0 Å². The van der Waals surface area contributed by atoms with E-state index in [1.165, 1.54) is 167 Å². The van der Waals surface area contributed by atoms with Crippen molar-refractivity contribution in [1.82, 2.24) is 0 Å². The Hall–Kier alpha value is -1.59. The summed E-state index contributed by atoms with van der Waals surface area (Å²) < 4.78 is 16.7. The molecule has 0 aromatic rings. The van der Waals surface area contributed by atoms with E-state index in [4.69, 9.17) is 14.2 Å². The first-order valence-electron chi connectivity index (χ1n) is 25.8. The summed E-state index contributed by atoms with van der Waals surface area (Å²) in [6.45, 7) is 11.3. The van der Waals surface area contributed by atoms with Gasteiger partial charge in [-0.25, -0.2) is 0 Å². The van der Waals surface area contributed by atoms with Gasteiger partial charge < -0.3 is 14.2 Å². The zero-order valence-corrected chi connectivity index (χ0v) is 39.7. The van der Waals surface area contributed by atoms with Crippen molar-refractivity contribution in [2.45, 2.75) is 291 Å². The molecular formula is C52H100O6. The maximum atomic E-state index is 12.7. The SMILES string of the molecule is CCCCCCCC(=O)OC[C@H](COC(=O)CCCCCCCCCCCCC(C)CC)OC(=O)CCCCCCCCCCCCCCCCCCCCC(C)C. The Kier molecular flexibility index (Phi) is 43.7. The van der Waals surface area contributed by atoms with E-state index in [0.717, 1.165) is 76.0 Å². The molecule has 0 amide bonds. The zero-order chi connectivity index (χ0) is 42.6. The van der Waals surface area contributed by atoms with Gasteiger partial charge in [-0.15, -0.1) is 0 Å². The second-order valence-corrected chi connectivity index (χ2v) is 18.5. The normalized spacial score (nSPS) is 12.5. The number of carbonyl (C=O) groups is 3. The van der Waals surface area contributed by atoms with Gasteiger partial charge in [0, 0.05) is 19.3 Å². The van der Waals surface area contributed by atoms with Gasteiger partial charge in [-0.1, -0.05) is 247 Å². The van der Waals surface area contributed by atoms with Crippen molar-refractivity contribution in [3.8, 4) is 0 Å². The van der Waals surface area contributed by atoms with Gasteiger partial charge in [0.2, 0.25) is 0 Å². The van der Waals surface area contributed by atoms with Crippen molar-refractivity contribution in [2.75, 3.05) is 13.2 Å². The van der Waals surface area contributed by atoms with E-state index in [1.807, 2.05) is 0 Å². The van der Waals surface area contributed by atoms with Crippen molar-refractivity contribution in [1.29, 1.82) is 0 Å². The predicted molar refractivity (Wildman–Crippen MR) is 247 cm³/mol. The molecule has 0 aliphatic carbocycles. The zero-order valence-electron chi connectivity index (χ0n) is 39.7. The Labute approximate surface area is 361 Å². The fraction of sp³-hybridized carbons (Fsp3) is 0.942. The maximum Gasteiger partial charge on any atom is 0.306 e. The maximum absolute atomic E-state index is 12.7. The van der Waals surface area contributed by atoms with E-state index in [1.54, 1.807) is 0 Å². The summed E-state index contributed by atoms with van der Waals surface area (Å²) in [5, 5.41) is 0. The number of ether oxygens (including phenoxy) is 3. The van der Waals surface area contributed by atoms with Gasteiger partial charge in [0.05, 0.1) is 0 Å². The number of carbonyl (C=O) groups excluding carboxylic acids is 3. The van der Waals surface area contributed by atoms with Gasteiger partial charge >= 0.3 is 17.9 Å². The van der Waals surface area contributed by atoms with Gasteiger partial charge in [0.1, 0.15) is 13.2 Å². The third-order valence-corrected chi connectivity index (χ3v) is 12.1. The molecule has 0 aromatic heterocycles. The lowest BCUT2D eigenvalue weighted by Gasteiger charge is -2.18. The molecule has 1 unspecified atom stereocenters. The van der Waals surface area contributed by atoms with Crippen LogP contribution in [0.1, 0.15) is 285 Å². The van der Waals surface area contributed by atoms with Crippen LogP contribution in [0.5, 0.6) is 0 Å². The van der Waals surface area contributed by atoms with Gasteiger partial charge in [0.15, 0.2) is 6.10 Å². The summed E-state index contributed by atoms with van der Waals surface area (Å²) in [4.78, 5) is 37.6. The molecule has 0 aliphatic heterocycles. The average molecular weight is 821 g/mol. The van der Waals surface area contributed by atoms with Crippen molar-refractivity contribution in [3.05, 3.63) is 0 Å². The van der Waals surface area contributed by atoms with Crippen molar-refractivity contribution >= 4 is 17.9 Å². The van der Waals surface area contributed by atoms with E-state index < -0.39 is 6.10 Å². The van der Waals surface area contributed by atoms with Crippen LogP contribution in [0.2, 0.25) is 0 Å². The molecule has 0 radical (unpaired) electrons. The summed E-state index contributed by atoms with van der Waals surface area (Å²) >= 11 is 0. The second kappa shape index (κ2) is 44.9. The van der Waals surface area contributed by atoms with Gasteiger partial charge in [-0.05, 0) is 31.1 Å². The number of hydrogen-bond donors (Lipinski definition) is 0. The van der Waals surface area contributed by atoms with Crippen LogP contribution in [0.3, 0.4) is 0 Å². The Bertz CT molecular complexity index is 887. The lowest BCUT2D eigenvalue weighted by molar-refractivity contribution is -0.167. The average Bonchev–Trinajstić information content (AvgIpc) is 3.21. The third-order valence-electron chi connectivity index (χ3n) is 12.1. The molecule has 6 heteroatoms. The summed E-state index contributed by atoms with van der Waals surface area (Å²) in [6, 6.07) is 0. The highest BCUT2D eigenvalue weighted by molar-refractivity contribution is 5.71. The number of rotatable bonds is 46. The molecule has 0 bridgehead atoms. The highest BCUT2D eigenvalue weighted by atomic mass is 16.6. The minimum absolute atomic E-state index is 0.0650. The molecule has 0 saturated heterocycles. The summed E-state index contributed by atoms with van der Waals surface area (Å²) in [5.74, 6) is 0.865. The third kappa shape index (κ3) is 44.0. The molecular weight excluding hydrogens is 721 g/mol. The molecule has 0 heterocycles. The van der Waals surface area contributed by atoms with Crippen LogP contribution in [-0.2, 0) is 28.6 Å². The number of hydrogen-bond acceptors (Lipinski definition) is 6. The molecule has 2 atom stereocenters. The fourth-order valence-corrected chi connectivity index (χ4v) is 7.78. The summed E-state index contributed by atoms with van der Waals surface area (Å²) in [5.41, 5.74) is 0. The molecule has 0 saturated carbocycles. The highest BCUT2D eigenvalue weighted by Crippen LogP contribution is 2.18. The van der Waals surface area contributed by atoms with Crippen LogP contribution >= 0.6 is 0 Å². The predicted octanol–water partition coefficient (Wildman–Crippen LogP) is 16.5. The van der Waals surface area contributed by atoms with Crippen LogP contribution in [0.25, 0.3) is 0 Å². The minimum Gasteiger partial charge on any atom is -0.462 e. The molecule has 0 spiro atoms. The largest absolute Gasteiger partial charge is 0.462 e. The molecule has 0 aliphatic rings. The van der Waals surface area contributed by atoms with E-state index >= 15 is 0 Å². The van der Waals surface area contributed by atoms with Crippen molar-refractivity contribution in [2.24, 2.45) is 11.8 Å². The molecule has 58 heavy (non-hydrogen) atoms. The summed E-state index contributed by atoms with van der Waals surface area (Å²) in [7, 11) is 0. The fourth-order valence-electron chi connectivity index (χ4n) is 7.78. The lowest BCUT2D eigenvalue weighted by atomic mass is 9.99. The Morgan fingerprint density at radius 1 is 0.362 bits per heavy atom. The van der Waals surface area contributed by atoms with Crippen LogP contribution < -0.4 is 0 Å². The second-order valence-electron chi connectivity index (χ2n) is 18.5. The lowest BCUT2D eigenvalue weighted by Crippen LogP contribution is -2.30. The monoisotopic (exact) mass is 821 g/mol. The Morgan fingerprint density at radius 2 is 0.655 bits per heavy atom. The van der Waals surface area contributed by atoms with Crippen LogP contribution in [0.15, 0.2) is 0 Å². The molecule has 6 nitrogen and oxygen atoms in total. The Morgan fingerprint density at radius 3 is 0.983 bits per heavy atom. The minimum atomic E-state index is -0.759. The Balaban J connectivity index is 4.09. The topological polar surface area (TPSA) is 78.9 Å².